The van der Waals surface area contributed by atoms with Gasteiger partial charge in [-0.3, -0.25) is 9.89 Å². The molecular formula is C24H37IN4O3. The number of aryl methyl sites for hydroxylation is 2. The highest BCUT2D eigenvalue weighted by molar-refractivity contribution is 14.0. The van der Waals surface area contributed by atoms with Crippen LogP contribution in [0.5, 0.6) is 5.75 Å². The van der Waals surface area contributed by atoms with Crippen molar-refractivity contribution in [2.75, 3.05) is 39.9 Å². The summed E-state index contributed by atoms with van der Waals surface area (Å²) < 4.78 is 17.5. The average Bonchev–Trinajstić information content (AvgIpc) is 3.18. The molecule has 178 valence electrons. The van der Waals surface area contributed by atoms with Gasteiger partial charge in [-0.05, 0) is 51.5 Å². The van der Waals surface area contributed by atoms with E-state index in [1.165, 1.54) is 5.56 Å². The summed E-state index contributed by atoms with van der Waals surface area (Å²) in [7, 11) is 1.79. The molecule has 2 N–H and O–H groups in total. The zero-order valence-corrected chi connectivity index (χ0v) is 22.1. The van der Waals surface area contributed by atoms with Crippen molar-refractivity contribution in [1.82, 2.24) is 15.5 Å². The van der Waals surface area contributed by atoms with Gasteiger partial charge in [0.15, 0.2) is 5.96 Å². The molecule has 2 heterocycles. The molecule has 8 heteroatoms. The van der Waals surface area contributed by atoms with Gasteiger partial charge in [0.1, 0.15) is 17.3 Å². The molecule has 32 heavy (non-hydrogen) atoms. The summed E-state index contributed by atoms with van der Waals surface area (Å²) in [5, 5.41) is 6.89. The highest BCUT2D eigenvalue weighted by Gasteiger charge is 2.25. The molecule has 0 bridgehead atoms. The fraction of sp³-hybridized carbons (Fsp3) is 0.542. The summed E-state index contributed by atoms with van der Waals surface area (Å²) in [6.07, 6.45) is 0.129. The van der Waals surface area contributed by atoms with Gasteiger partial charge < -0.3 is 24.5 Å². The highest BCUT2D eigenvalue weighted by atomic mass is 127. The van der Waals surface area contributed by atoms with Gasteiger partial charge in [-0.25, -0.2) is 0 Å². The van der Waals surface area contributed by atoms with Crippen LogP contribution in [0.25, 0.3) is 0 Å². The molecule has 0 spiro atoms. The maximum atomic E-state index is 6.00. The number of rotatable bonds is 8. The SMILES string of the molecule is CN=C(NCc1ccc(C)cc1OC(C)C)NCC(c1ccc(C)o1)N1CCOCC1.I. The Labute approximate surface area is 209 Å². The molecule has 1 atom stereocenters. The molecule has 1 aromatic heterocycles. The number of ether oxygens (including phenoxy) is 2. The van der Waals surface area contributed by atoms with Crippen molar-refractivity contribution in [1.29, 1.82) is 0 Å². The standard InChI is InChI=1S/C24H36N4O3.HI/c1-17(2)30-23-14-18(3)6-8-20(23)15-26-24(25-5)27-16-21(22-9-7-19(4)31-22)28-10-12-29-13-11-28;/h6-9,14,17,21H,10-13,15-16H2,1-5H3,(H2,25,26,27);1H. The van der Waals surface area contributed by atoms with E-state index in [0.29, 0.717) is 13.1 Å². The summed E-state index contributed by atoms with van der Waals surface area (Å²) in [4.78, 5) is 6.81. The molecule has 1 aliphatic heterocycles. The molecule has 0 amide bonds. The monoisotopic (exact) mass is 556 g/mol. The first-order valence-corrected chi connectivity index (χ1v) is 11.0. The number of hydrogen-bond donors (Lipinski definition) is 2. The van der Waals surface area contributed by atoms with E-state index in [2.05, 4.69) is 51.7 Å². The summed E-state index contributed by atoms with van der Waals surface area (Å²) in [6, 6.07) is 10.5. The Bertz CT molecular complexity index is 863. The van der Waals surface area contributed by atoms with E-state index in [1.54, 1.807) is 7.05 Å². The largest absolute Gasteiger partial charge is 0.491 e. The fourth-order valence-electron chi connectivity index (χ4n) is 3.70. The summed E-state index contributed by atoms with van der Waals surface area (Å²) in [5.74, 6) is 3.55. The van der Waals surface area contributed by atoms with Gasteiger partial charge in [0, 0.05) is 38.8 Å². The molecule has 1 aromatic carbocycles. The molecular weight excluding hydrogens is 519 g/mol. The molecule has 0 radical (unpaired) electrons. The minimum atomic E-state index is 0. The van der Waals surface area contributed by atoms with Gasteiger partial charge >= 0.3 is 0 Å². The van der Waals surface area contributed by atoms with E-state index in [9.17, 15) is 0 Å². The Morgan fingerprint density at radius 1 is 1.12 bits per heavy atom. The number of guanidine groups is 1. The van der Waals surface area contributed by atoms with E-state index in [-0.39, 0.29) is 36.1 Å². The summed E-state index contributed by atoms with van der Waals surface area (Å²) in [5.41, 5.74) is 2.29. The van der Waals surface area contributed by atoms with Gasteiger partial charge in [0.05, 0.1) is 25.4 Å². The molecule has 1 saturated heterocycles. The average molecular weight is 556 g/mol. The zero-order valence-electron chi connectivity index (χ0n) is 19.8. The lowest BCUT2D eigenvalue weighted by Gasteiger charge is -2.33. The maximum Gasteiger partial charge on any atom is 0.191 e. The van der Waals surface area contributed by atoms with Gasteiger partial charge in [-0.1, -0.05) is 12.1 Å². The van der Waals surface area contributed by atoms with E-state index < -0.39 is 0 Å². The predicted molar refractivity (Wildman–Crippen MR) is 139 cm³/mol. The van der Waals surface area contributed by atoms with Crippen LogP contribution in [0.2, 0.25) is 0 Å². The summed E-state index contributed by atoms with van der Waals surface area (Å²) >= 11 is 0. The van der Waals surface area contributed by atoms with Crippen LogP contribution in [0.15, 0.2) is 39.7 Å². The minimum absolute atomic E-state index is 0. The van der Waals surface area contributed by atoms with Gasteiger partial charge in [-0.15, -0.1) is 24.0 Å². The number of halogens is 1. The van der Waals surface area contributed by atoms with Crippen LogP contribution in [0.1, 0.15) is 42.5 Å². The number of morpholine rings is 1. The normalized spacial score (nSPS) is 15.9. The van der Waals surface area contributed by atoms with E-state index >= 15 is 0 Å². The Hall–Kier alpha value is -1.78. The Kier molecular flexibility index (Phi) is 10.8. The van der Waals surface area contributed by atoms with Crippen molar-refractivity contribution in [3.05, 3.63) is 53.0 Å². The van der Waals surface area contributed by atoms with Crippen LogP contribution >= 0.6 is 24.0 Å². The van der Waals surface area contributed by atoms with Crippen molar-refractivity contribution in [2.24, 2.45) is 4.99 Å². The third-order valence-electron chi connectivity index (χ3n) is 5.29. The van der Waals surface area contributed by atoms with Gasteiger partial charge in [0.25, 0.3) is 0 Å². The lowest BCUT2D eigenvalue weighted by Crippen LogP contribution is -2.46. The van der Waals surface area contributed by atoms with Crippen molar-refractivity contribution >= 4 is 29.9 Å². The van der Waals surface area contributed by atoms with Crippen LogP contribution in [0, 0.1) is 13.8 Å². The first-order valence-electron chi connectivity index (χ1n) is 11.0. The van der Waals surface area contributed by atoms with Crippen LogP contribution in [0.3, 0.4) is 0 Å². The first-order chi connectivity index (χ1) is 15.0. The van der Waals surface area contributed by atoms with Crippen LogP contribution in [-0.2, 0) is 11.3 Å². The molecule has 0 saturated carbocycles. The minimum Gasteiger partial charge on any atom is -0.491 e. The van der Waals surface area contributed by atoms with Gasteiger partial charge in [0.2, 0.25) is 0 Å². The number of aliphatic imine (C=N–C) groups is 1. The number of hydrogen-bond acceptors (Lipinski definition) is 5. The molecule has 7 nitrogen and oxygen atoms in total. The first kappa shape index (κ1) is 26.5. The Morgan fingerprint density at radius 2 is 1.88 bits per heavy atom. The number of nitrogens with one attached hydrogen (secondary N) is 2. The van der Waals surface area contributed by atoms with Crippen LogP contribution in [-0.4, -0.2) is 56.9 Å². The molecule has 0 aliphatic carbocycles. The number of benzene rings is 1. The second kappa shape index (κ2) is 13.1. The third kappa shape index (κ3) is 7.67. The fourth-order valence-corrected chi connectivity index (χ4v) is 3.70. The highest BCUT2D eigenvalue weighted by Crippen LogP contribution is 2.24. The predicted octanol–water partition coefficient (Wildman–Crippen LogP) is 4.04. The second-order valence-corrected chi connectivity index (χ2v) is 8.20. The Morgan fingerprint density at radius 3 is 2.50 bits per heavy atom. The zero-order chi connectivity index (χ0) is 22.2. The van der Waals surface area contributed by atoms with E-state index in [1.807, 2.05) is 26.8 Å². The molecule has 1 aliphatic rings. The molecule has 1 fully saturated rings. The lowest BCUT2D eigenvalue weighted by molar-refractivity contribution is 0.0124. The van der Waals surface area contributed by atoms with Crippen LogP contribution in [0.4, 0.5) is 0 Å². The van der Waals surface area contributed by atoms with E-state index in [0.717, 1.165) is 55.1 Å². The number of nitrogens with zero attached hydrogens (tertiary/aromatic N) is 2. The van der Waals surface area contributed by atoms with Crippen molar-refractivity contribution in [3.63, 3.8) is 0 Å². The third-order valence-corrected chi connectivity index (χ3v) is 5.29. The Balaban J connectivity index is 0.00000363. The molecule has 3 rings (SSSR count). The van der Waals surface area contributed by atoms with E-state index in [4.69, 9.17) is 13.9 Å². The molecule has 2 aromatic rings. The molecule has 1 unspecified atom stereocenters. The van der Waals surface area contributed by atoms with Crippen molar-refractivity contribution in [2.45, 2.75) is 46.4 Å². The summed E-state index contributed by atoms with van der Waals surface area (Å²) in [6.45, 7) is 12.7. The number of furan rings is 1. The lowest BCUT2D eigenvalue weighted by atomic mass is 10.1. The quantitative estimate of drug-likeness (QED) is 0.291. The topological polar surface area (TPSA) is 71.3 Å². The second-order valence-electron chi connectivity index (χ2n) is 8.20. The smallest absolute Gasteiger partial charge is 0.191 e. The van der Waals surface area contributed by atoms with Crippen LogP contribution < -0.4 is 15.4 Å². The van der Waals surface area contributed by atoms with Crippen molar-refractivity contribution < 1.29 is 13.9 Å². The van der Waals surface area contributed by atoms with Gasteiger partial charge in [-0.2, -0.15) is 0 Å². The van der Waals surface area contributed by atoms with Crippen molar-refractivity contribution in [3.8, 4) is 5.75 Å². The maximum absolute atomic E-state index is 6.00.